The lowest BCUT2D eigenvalue weighted by Gasteiger charge is -2.34. The van der Waals surface area contributed by atoms with E-state index in [1.807, 2.05) is 88.4 Å². The number of nitrogen functional groups attached to an aromatic ring is 1. The van der Waals surface area contributed by atoms with Crippen molar-refractivity contribution >= 4 is 99.7 Å². The van der Waals surface area contributed by atoms with Crippen LogP contribution in [0, 0.1) is 0 Å². The molecule has 0 atom stereocenters. The highest BCUT2D eigenvalue weighted by atomic mass is 35.5. The highest BCUT2D eigenvalue weighted by Crippen LogP contribution is 2.39. The van der Waals surface area contributed by atoms with Crippen LogP contribution in [-0.2, 0) is 52.2 Å². The minimum atomic E-state index is -3.99. The van der Waals surface area contributed by atoms with Gasteiger partial charge in [-0.25, -0.2) is 55.4 Å². The molecular formula is C58H75ClN10O12S4. The summed E-state index contributed by atoms with van der Waals surface area (Å²) in [5, 5.41) is 4.13. The van der Waals surface area contributed by atoms with Gasteiger partial charge in [0.15, 0.2) is 10.3 Å². The molecule has 5 N–H and O–H groups in total. The zero-order valence-corrected chi connectivity index (χ0v) is 53.3. The van der Waals surface area contributed by atoms with Crippen molar-refractivity contribution in [1.29, 1.82) is 0 Å². The minimum absolute atomic E-state index is 0.00901. The van der Waals surface area contributed by atoms with Gasteiger partial charge < -0.3 is 44.3 Å². The van der Waals surface area contributed by atoms with Gasteiger partial charge in [0.2, 0.25) is 20.0 Å². The minimum Gasteiger partial charge on any atom is -0.449 e. The molecule has 27 heteroatoms. The van der Waals surface area contributed by atoms with E-state index in [2.05, 4.69) is 39.3 Å². The van der Waals surface area contributed by atoms with Crippen molar-refractivity contribution in [1.82, 2.24) is 29.2 Å². The lowest BCUT2D eigenvalue weighted by atomic mass is 10.1. The van der Waals surface area contributed by atoms with Crippen molar-refractivity contribution in [3.8, 4) is 20.9 Å². The molecule has 0 radical (unpaired) electrons. The predicted octanol–water partition coefficient (Wildman–Crippen LogP) is 11.0. The molecule has 460 valence electrons. The van der Waals surface area contributed by atoms with Crippen LogP contribution in [0.25, 0.3) is 20.9 Å². The second kappa shape index (κ2) is 29.8. The first-order valence-corrected chi connectivity index (χ1v) is 32.2. The second-order valence-electron chi connectivity index (χ2n) is 22.2. The quantitative estimate of drug-likeness (QED) is 0.0422. The molecule has 8 rings (SSSR count). The smallest absolute Gasteiger partial charge is 0.411 e. The Morgan fingerprint density at radius 3 is 1.39 bits per heavy atom. The van der Waals surface area contributed by atoms with Crippen LogP contribution >= 0.6 is 34.3 Å². The van der Waals surface area contributed by atoms with Gasteiger partial charge in [-0.1, -0.05) is 95.5 Å². The maximum Gasteiger partial charge on any atom is 0.411 e. The first-order chi connectivity index (χ1) is 39.9. The van der Waals surface area contributed by atoms with E-state index >= 15 is 0 Å². The third-order valence-corrected chi connectivity index (χ3v) is 17.8. The van der Waals surface area contributed by atoms with Crippen LogP contribution in [0.3, 0.4) is 0 Å². The number of nitrogens with two attached hydrogens (primary N) is 1. The molecule has 85 heavy (non-hydrogen) atoms. The monoisotopic (exact) mass is 1270 g/mol. The molecule has 2 aliphatic heterocycles. The number of carbonyl (C=O) groups is 4. The topological polar surface area (TPSA) is 274 Å². The van der Waals surface area contributed by atoms with Gasteiger partial charge in [0.05, 0.1) is 31.8 Å². The Bertz CT molecular complexity index is 3430. The highest BCUT2D eigenvalue weighted by Gasteiger charge is 2.31. The Hall–Kier alpha value is -7.07. The average Bonchev–Trinajstić information content (AvgIpc) is 3.91. The summed E-state index contributed by atoms with van der Waals surface area (Å²) < 4.78 is 79.0. The Kier molecular flexibility index (Phi) is 23.5. The maximum absolute atomic E-state index is 13.5. The van der Waals surface area contributed by atoms with Gasteiger partial charge in [0.1, 0.15) is 13.2 Å². The van der Waals surface area contributed by atoms with Crippen LogP contribution in [0.5, 0.6) is 0 Å². The molecule has 3 amide bonds. The molecule has 0 aliphatic carbocycles. The molecule has 22 nitrogen and oxygen atoms in total. The molecule has 0 bridgehead atoms. The van der Waals surface area contributed by atoms with Gasteiger partial charge in [-0.3, -0.25) is 5.32 Å². The number of nitrogens with one attached hydrogen (secondary N) is 3. The molecule has 4 heterocycles. The molecular weight excluding hydrogens is 1190 g/mol. The number of piperazine rings is 2. The lowest BCUT2D eigenvalue weighted by molar-refractivity contribution is 0.0742. The molecule has 6 aromatic rings. The number of nitrogens with zero attached hydrogens (tertiary/aromatic N) is 6. The summed E-state index contributed by atoms with van der Waals surface area (Å²) >= 11 is 7.74. The fourth-order valence-corrected chi connectivity index (χ4v) is 13.8. The molecule has 2 aliphatic rings. The van der Waals surface area contributed by atoms with E-state index in [-0.39, 0.29) is 53.1 Å². The number of hydrogen-bond acceptors (Lipinski definition) is 19. The van der Waals surface area contributed by atoms with Crippen molar-refractivity contribution in [3.63, 3.8) is 0 Å². The summed E-state index contributed by atoms with van der Waals surface area (Å²) in [4.78, 5) is 65.1. The molecule has 0 spiro atoms. The number of rotatable bonds is 15. The number of carbonyl (C=O) groups excluding carboxylic acids is 4. The Morgan fingerprint density at radius 1 is 0.588 bits per heavy atom. The van der Waals surface area contributed by atoms with Gasteiger partial charge in [0, 0.05) is 110 Å². The van der Waals surface area contributed by atoms with Gasteiger partial charge >= 0.3 is 23.7 Å². The molecule has 2 aromatic heterocycles. The van der Waals surface area contributed by atoms with E-state index in [9.17, 15) is 36.0 Å². The molecule has 0 unspecified atom stereocenters. The average molecular weight is 1270 g/mol. The Balaban J connectivity index is 0.000000236. The second-order valence-corrected chi connectivity index (χ2v) is 27.8. The van der Waals surface area contributed by atoms with Gasteiger partial charge in [-0.15, -0.1) is 0 Å². The molecule has 2 fully saturated rings. The largest absolute Gasteiger partial charge is 0.449 e. The number of thiazole rings is 2. The zero-order chi connectivity index (χ0) is 62.3. The Labute approximate surface area is 511 Å². The summed E-state index contributed by atoms with van der Waals surface area (Å²) in [6, 6.07) is 28.2. The van der Waals surface area contributed by atoms with E-state index in [1.54, 1.807) is 88.0 Å². The van der Waals surface area contributed by atoms with Gasteiger partial charge in [-0.2, -0.15) is 0 Å². The third-order valence-electron chi connectivity index (χ3n) is 11.9. The van der Waals surface area contributed by atoms with Crippen LogP contribution in [-0.4, -0.2) is 136 Å². The SMILES string of the molecule is CC(C)OC(=O)N1CCN(c2ncc(-c3ccc(N)cc3S(=O)(=O)NC(C)(C)C)s2)CC1.CC(C)OC(=O)N1CCN(c2ncc(-c3ccc(NC(=O)OCc4ccccc4)cc3S(=O)(=O)NC(C)(C)C)s2)CC1.O=C(Cl)OCc1ccccc1. The normalized spacial score (nSPS) is 13.9. The summed E-state index contributed by atoms with van der Waals surface area (Å²) in [5.74, 6) is 0. The van der Waals surface area contributed by atoms with E-state index in [1.165, 1.54) is 34.8 Å². The zero-order valence-electron chi connectivity index (χ0n) is 49.3. The van der Waals surface area contributed by atoms with Crippen molar-refractivity contribution in [2.75, 3.05) is 73.2 Å². The summed E-state index contributed by atoms with van der Waals surface area (Å²) in [7, 11) is -7.77. The number of hydrogen-bond donors (Lipinski definition) is 4. The highest BCUT2D eigenvalue weighted by molar-refractivity contribution is 7.90. The van der Waals surface area contributed by atoms with Crippen molar-refractivity contribution < 1.29 is 55.0 Å². The number of halogens is 1. The fraction of sp³-hybridized carbons (Fsp3) is 0.414. The van der Waals surface area contributed by atoms with Crippen molar-refractivity contribution in [2.45, 2.75) is 116 Å². The van der Waals surface area contributed by atoms with Crippen LogP contribution < -0.4 is 30.3 Å². The van der Waals surface area contributed by atoms with Crippen LogP contribution in [0.2, 0.25) is 0 Å². The molecule has 2 saturated heterocycles. The van der Waals surface area contributed by atoms with E-state index in [0.717, 1.165) is 26.3 Å². The number of ether oxygens (including phenoxy) is 4. The number of anilines is 4. The van der Waals surface area contributed by atoms with Gasteiger partial charge in [0.25, 0.3) is 0 Å². The number of benzene rings is 4. The molecule has 0 saturated carbocycles. The summed E-state index contributed by atoms with van der Waals surface area (Å²) in [5.41, 5.74) is 7.19. The maximum atomic E-state index is 13.5. The van der Waals surface area contributed by atoms with Crippen molar-refractivity contribution in [3.05, 3.63) is 121 Å². The summed E-state index contributed by atoms with van der Waals surface area (Å²) in [6.07, 6.45) is 1.66. The first kappa shape index (κ1) is 67.1. The fourth-order valence-electron chi connectivity index (χ4n) is 8.28. The van der Waals surface area contributed by atoms with E-state index in [0.29, 0.717) is 74.0 Å². The first-order valence-electron chi connectivity index (χ1n) is 27.2. The van der Waals surface area contributed by atoms with Gasteiger partial charge in [-0.05, 0) is 105 Å². The van der Waals surface area contributed by atoms with Crippen LogP contribution in [0.4, 0.5) is 40.8 Å². The number of sulfonamides is 2. The van der Waals surface area contributed by atoms with Crippen LogP contribution in [0.1, 0.15) is 80.4 Å². The summed E-state index contributed by atoms with van der Waals surface area (Å²) in [6.45, 7) is 22.7. The number of amides is 3. The van der Waals surface area contributed by atoms with Crippen molar-refractivity contribution in [2.24, 2.45) is 0 Å². The number of aromatic nitrogens is 2. The van der Waals surface area contributed by atoms with E-state index in [4.69, 9.17) is 31.5 Å². The third kappa shape index (κ3) is 21.1. The molecule has 4 aromatic carbocycles. The Morgan fingerprint density at radius 2 is 0.988 bits per heavy atom. The van der Waals surface area contributed by atoms with E-state index < -0.39 is 42.6 Å². The van der Waals surface area contributed by atoms with Crippen LogP contribution in [0.15, 0.2) is 119 Å². The standard InChI is InChI=1S/C29H37N5O6S2.C21H31N5O4S2.C8H7ClO2/c1-20(2)40-28(36)34-15-13-33(14-16-34)26-30-18-24(41-26)23-12-11-22(17-25(23)42(37,38)32-29(3,4)5)31-27(35)39-19-21-9-7-6-8-10-21;1-14(2)30-20(27)26-10-8-25(9-11-26)19-23-13-17(31-19)16-7-6-15(22)12-18(16)32(28,29)24-21(3,4)5;9-8(10)11-6-7-4-2-1-3-5-7/h6-12,17-18,20,32H,13-16,19H2,1-5H3,(H,31,35);6-7,12-14,24H,8-11,22H2,1-5H3;1-5H,6H2. The lowest BCUT2D eigenvalue weighted by Crippen LogP contribution is -2.49. The predicted molar refractivity (Wildman–Crippen MR) is 333 cm³/mol.